The third-order valence-electron chi connectivity index (χ3n) is 4.36. The van der Waals surface area contributed by atoms with Crippen molar-refractivity contribution in [2.45, 2.75) is 4.90 Å². The fourth-order valence-corrected chi connectivity index (χ4v) is 4.65. The average molecular weight is 438 g/mol. The molecule has 0 radical (unpaired) electrons. The van der Waals surface area contributed by atoms with Crippen LogP contribution in [0, 0.1) is 0 Å². The number of benzene rings is 1. The molecule has 1 aromatic carbocycles. The van der Waals surface area contributed by atoms with Crippen molar-refractivity contribution in [3.05, 3.63) is 35.1 Å². The van der Waals surface area contributed by atoms with Crippen molar-refractivity contribution in [1.29, 1.82) is 0 Å². The highest BCUT2D eigenvalue weighted by Crippen LogP contribution is 2.24. The smallest absolute Gasteiger partial charge is 0.243 e. The number of rotatable bonds is 3. The fourth-order valence-electron chi connectivity index (χ4n) is 2.97. The van der Waals surface area contributed by atoms with E-state index >= 15 is 0 Å². The number of halogens is 1. The highest BCUT2D eigenvalue weighted by atomic mass is 79.9. The summed E-state index contributed by atoms with van der Waals surface area (Å²) in [6, 6.07) is 6.68. The molecule has 11 heteroatoms. The highest BCUT2D eigenvalue weighted by molar-refractivity contribution is 9.10. The molecule has 1 aliphatic heterocycles. The number of piperazine rings is 1. The van der Waals surface area contributed by atoms with E-state index in [4.69, 9.17) is 0 Å². The van der Waals surface area contributed by atoms with E-state index in [1.165, 1.54) is 10.6 Å². The van der Waals surface area contributed by atoms with Crippen LogP contribution in [-0.4, -0.2) is 63.9 Å². The molecule has 3 heterocycles. The molecule has 26 heavy (non-hydrogen) atoms. The average Bonchev–Trinajstić information content (AvgIpc) is 3.03. The highest BCUT2D eigenvalue weighted by Gasteiger charge is 2.30. The lowest BCUT2D eigenvalue weighted by atomic mass is 10.3. The number of fused-ring (bicyclic) bond motifs is 1. The lowest BCUT2D eigenvalue weighted by molar-refractivity contribution is 0.384. The minimum absolute atomic E-state index is 0.299. The van der Waals surface area contributed by atoms with Crippen LogP contribution in [-0.2, 0) is 17.1 Å². The first-order valence-electron chi connectivity index (χ1n) is 7.98. The number of sulfonamides is 1. The molecule has 0 amide bonds. The molecule has 0 unspecified atom stereocenters. The Morgan fingerprint density at radius 1 is 1.04 bits per heavy atom. The molecule has 2 aromatic heterocycles. The van der Waals surface area contributed by atoms with Crippen LogP contribution in [0.3, 0.4) is 0 Å². The van der Waals surface area contributed by atoms with Gasteiger partial charge in [0.1, 0.15) is 6.33 Å². The Morgan fingerprint density at radius 2 is 1.73 bits per heavy atom. The van der Waals surface area contributed by atoms with Gasteiger partial charge in [-0.25, -0.2) is 23.1 Å². The van der Waals surface area contributed by atoms with E-state index in [9.17, 15) is 8.42 Å². The zero-order valence-corrected chi connectivity index (χ0v) is 16.4. The normalized spacial score (nSPS) is 16.3. The number of hydrogen-bond acceptors (Lipinski definition) is 7. The molecule has 0 saturated carbocycles. The maximum Gasteiger partial charge on any atom is 0.243 e. The van der Waals surface area contributed by atoms with E-state index in [0.717, 1.165) is 4.47 Å². The molecule has 1 saturated heterocycles. The minimum atomic E-state index is -3.50. The molecule has 0 spiro atoms. The van der Waals surface area contributed by atoms with Gasteiger partial charge in [-0.2, -0.15) is 4.31 Å². The molecular weight excluding hydrogens is 422 g/mol. The molecular formula is C15H16BrN7O2S. The molecule has 136 valence electrons. The van der Waals surface area contributed by atoms with Gasteiger partial charge >= 0.3 is 0 Å². The number of aromatic nitrogens is 5. The predicted octanol–water partition coefficient (Wildman–Crippen LogP) is 1.03. The van der Waals surface area contributed by atoms with Crippen molar-refractivity contribution in [2.24, 2.45) is 7.05 Å². The van der Waals surface area contributed by atoms with Crippen molar-refractivity contribution in [3.63, 3.8) is 0 Å². The molecule has 1 fully saturated rings. The SMILES string of the molecule is Cn1nnc2c(N3CCN(S(=O)(=O)c4ccc(Br)cc4)CC3)ncnc21. The van der Waals surface area contributed by atoms with E-state index in [-0.39, 0.29) is 0 Å². The quantitative estimate of drug-likeness (QED) is 0.603. The van der Waals surface area contributed by atoms with Crippen LogP contribution in [0.25, 0.3) is 11.2 Å². The van der Waals surface area contributed by atoms with E-state index in [0.29, 0.717) is 48.1 Å². The summed E-state index contributed by atoms with van der Waals surface area (Å²) in [6.07, 6.45) is 1.48. The fraction of sp³-hybridized carbons (Fsp3) is 0.333. The first-order chi connectivity index (χ1) is 12.5. The molecule has 1 aliphatic rings. The lowest BCUT2D eigenvalue weighted by Crippen LogP contribution is -2.49. The molecule has 0 aliphatic carbocycles. The minimum Gasteiger partial charge on any atom is -0.352 e. The summed E-state index contributed by atoms with van der Waals surface area (Å²) in [7, 11) is -1.73. The third-order valence-corrected chi connectivity index (χ3v) is 6.80. The van der Waals surface area contributed by atoms with Crippen molar-refractivity contribution in [3.8, 4) is 0 Å². The third kappa shape index (κ3) is 2.95. The van der Waals surface area contributed by atoms with Gasteiger partial charge in [-0.1, -0.05) is 21.1 Å². The molecule has 9 nitrogen and oxygen atoms in total. The van der Waals surface area contributed by atoms with Crippen LogP contribution in [0.1, 0.15) is 0 Å². The number of nitrogens with zero attached hydrogens (tertiary/aromatic N) is 7. The Bertz CT molecular complexity index is 1040. The lowest BCUT2D eigenvalue weighted by Gasteiger charge is -2.34. The zero-order chi connectivity index (χ0) is 18.3. The standard InChI is InChI=1S/C15H16BrN7O2S/c1-21-14-13(19-20-21)15(18-10-17-14)22-6-8-23(9-7-22)26(24,25)12-4-2-11(16)3-5-12/h2-5,10H,6-9H2,1H3. The molecule has 0 atom stereocenters. The van der Waals surface area contributed by atoms with Gasteiger partial charge in [-0.05, 0) is 24.3 Å². The first kappa shape index (κ1) is 17.3. The second-order valence-electron chi connectivity index (χ2n) is 5.93. The van der Waals surface area contributed by atoms with Gasteiger partial charge in [0.25, 0.3) is 0 Å². The van der Waals surface area contributed by atoms with Crippen LogP contribution in [0.4, 0.5) is 5.82 Å². The van der Waals surface area contributed by atoms with Gasteiger partial charge < -0.3 is 4.90 Å². The van der Waals surface area contributed by atoms with Gasteiger partial charge in [0.05, 0.1) is 4.90 Å². The molecule has 4 rings (SSSR count). The van der Waals surface area contributed by atoms with Crippen LogP contribution in [0.5, 0.6) is 0 Å². The van der Waals surface area contributed by atoms with E-state index in [1.54, 1.807) is 36.0 Å². The summed E-state index contributed by atoms with van der Waals surface area (Å²) in [4.78, 5) is 10.8. The monoisotopic (exact) mass is 437 g/mol. The van der Waals surface area contributed by atoms with Crippen LogP contribution < -0.4 is 4.90 Å². The van der Waals surface area contributed by atoms with Crippen LogP contribution >= 0.6 is 15.9 Å². The van der Waals surface area contributed by atoms with Crippen molar-refractivity contribution in [2.75, 3.05) is 31.1 Å². The molecule has 0 N–H and O–H groups in total. The van der Waals surface area contributed by atoms with Gasteiger partial charge in [0.2, 0.25) is 10.0 Å². The van der Waals surface area contributed by atoms with E-state index in [2.05, 4.69) is 36.2 Å². The molecule has 0 bridgehead atoms. The van der Waals surface area contributed by atoms with Crippen molar-refractivity contribution in [1.82, 2.24) is 29.3 Å². The predicted molar refractivity (Wildman–Crippen MR) is 99.2 cm³/mol. The van der Waals surface area contributed by atoms with Gasteiger partial charge in [0, 0.05) is 37.7 Å². The Morgan fingerprint density at radius 3 is 2.42 bits per heavy atom. The van der Waals surface area contributed by atoms with Crippen LogP contribution in [0.2, 0.25) is 0 Å². The van der Waals surface area contributed by atoms with Crippen LogP contribution in [0.15, 0.2) is 40.0 Å². The van der Waals surface area contributed by atoms with Gasteiger partial charge in [-0.3, -0.25) is 0 Å². The Hall–Kier alpha value is -2.11. The second-order valence-corrected chi connectivity index (χ2v) is 8.78. The maximum atomic E-state index is 12.8. The summed E-state index contributed by atoms with van der Waals surface area (Å²) in [5, 5.41) is 8.11. The van der Waals surface area contributed by atoms with Gasteiger partial charge in [-0.15, -0.1) is 5.10 Å². The summed E-state index contributed by atoms with van der Waals surface area (Å²) in [6.45, 7) is 1.81. The van der Waals surface area contributed by atoms with Gasteiger partial charge in [0.15, 0.2) is 17.0 Å². The maximum absolute atomic E-state index is 12.8. The van der Waals surface area contributed by atoms with E-state index in [1.807, 2.05) is 4.90 Å². The summed E-state index contributed by atoms with van der Waals surface area (Å²) in [5.41, 5.74) is 1.28. The molecule has 3 aromatic rings. The Balaban J connectivity index is 1.54. The Labute approximate surface area is 158 Å². The number of aryl methyl sites for hydroxylation is 1. The van der Waals surface area contributed by atoms with E-state index < -0.39 is 10.0 Å². The summed E-state index contributed by atoms with van der Waals surface area (Å²) in [5.74, 6) is 0.684. The zero-order valence-electron chi connectivity index (χ0n) is 13.9. The number of hydrogen-bond donors (Lipinski definition) is 0. The first-order valence-corrected chi connectivity index (χ1v) is 10.2. The van der Waals surface area contributed by atoms with Crippen molar-refractivity contribution < 1.29 is 8.42 Å². The Kier molecular flexibility index (Phi) is 4.37. The summed E-state index contributed by atoms with van der Waals surface area (Å²) >= 11 is 3.32. The topological polar surface area (TPSA) is 97.1 Å². The largest absolute Gasteiger partial charge is 0.352 e. The second kappa shape index (κ2) is 6.56. The summed E-state index contributed by atoms with van der Waals surface area (Å²) < 4.78 is 29.5. The van der Waals surface area contributed by atoms with Crippen molar-refractivity contribution >= 4 is 42.9 Å². The number of anilines is 1.